The van der Waals surface area contributed by atoms with Gasteiger partial charge in [-0.25, -0.2) is 17.6 Å². The summed E-state index contributed by atoms with van der Waals surface area (Å²) in [5.41, 5.74) is 1.25. The quantitative estimate of drug-likeness (QED) is 0.191. The molecule has 0 aliphatic rings. The van der Waals surface area contributed by atoms with E-state index in [-0.39, 0.29) is 23.1 Å². The molecule has 0 amide bonds. The summed E-state index contributed by atoms with van der Waals surface area (Å²) >= 11 is 0. The fourth-order valence-electron chi connectivity index (χ4n) is 3.24. The number of halogens is 4. The summed E-state index contributed by atoms with van der Waals surface area (Å²) in [6.07, 6.45) is 1.55. The summed E-state index contributed by atoms with van der Waals surface area (Å²) in [5.74, 6) is 2.92. The Hall–Kier alpha value is -4.04. The number of fused-ring (bicyclic) bond motifs is 1. The summed E-state index contributed by atoms with van der Waals surface area (Å²) in [5, 5.41) is 0.636. The zero-order valence-corrected chi connectivity index (χ0v) is 16.8. The zero-order valence-electron chi connectivity index (χ0n) is 16.8. The van der Waals surface area contributed by atoms with E-state index in [1.165, 1.54) is 42.5 Å². The van der Waals surface area contributed by atoms with Gasteiger partial charge in [0.15, 0.2) is 11.6 Å². The standard InChI is InChI=1S/C27H16F4O/c1-2-13-32-21-9-11-22(26(30)16-21)20-7-6-18(25(29)15-20)5-3-17-4-10-23-19(14-17)8-12-24(28)27(23)31/h2,4,6-12,14-16H,1,13H2. The van der Waals surface area contributed by atoms with Gasteiger partial charge in [0.05, 0.1) is 5.56 Å². The Morgan fingerprint density at radius 3 is 2.38 bits per heavy atom. The molecule has 4 aromatic rings. The van der Waals surface area contributed by atoms with E-state index in [4.69, 9.17) is 4.74 Å². The van der Waals surface area contributed by atoms with Gasteiger partial charge in [-0.3, -0.25) is 0 Å². The highest BCUT2D eigenvalue weighted by molar-refractivity contribution is 5.84. The van der Waals surface area contributed by atoms with Crippen LogP contribution in [0.1, 0.15) is 11.1 Å². The van der Waals surface area contributed by atoms with Crippen molar-refractivity contribution in [1.29, 1.82) is 0 Å². The Bertz CT molecular complexity index is 1400. The molecule has 1 nitrogen and oxygen atoms in total. The topological polar surface area (TPSA) is 9.23 Å². The molecule has 0 aliphatic heterocycles. The van der Waals surface area contributed by atoms with Crippen LogP contribution in [0.4, 0.5) is 17.6 Å². The van der Waals surface area contributed by atoms with Crippen molar-refractivity contribution in [2.24, 2.45) is 0 Å². The zero-order chi connectivity index (χ0) is 22.7. The lowest BCUT2D eigenvalue weighted by Crippen LogP contribution is -1.94. The third-order valence-electron chi connectivity index (χ3n) is 4.84. The van der Waals surface area contributed by atoms with Gasteiger partial charge in [0.1, 0.15) is 24.0 Å². The van der Waals surface area contributed by atoms with E-state index < -0.39 is 23.3 Å². The Labute approximate surface area is 182 Å². The molecular formula is C27H16F4O. The first kappa shape index (κ1) is 21.2. The highest BCUT2D eigenvalue weighted by atomic mass is 19.2. The smallest absolute Gasteiger partial charge is 0.166 e. The number of benzene rings is 4. The van der Waals surface area contributed by atoms with E-state index in [9.17, 15) is 17.6 Å². The Morgan fingerprint density at radius 1 is 0.781 bits per heavy atom. The molecule has 0 saturated carbocycles. The van der Waals surface area contributed by atoms with Crippen LogP contribution >= 0.6 is 0 Å². The maximum atomic E-state index is 14.6. The second kappa shape index (κ2) is 8.99. The Morgan fingerprint density at radius 2 is 1.62 bits per heavy atom. The highest BCUT2D eigenvalue weighted by Gasteiger charge is 2.10. The molecule has 0 bridgehead atoms. The van der Waals surface area contributed by atoms with E-state index in [1.54, 1.807) is 24.3 Å². The average Bonchev–Trinajstić information content (AvgIpc) is 2.79. The van der Waals surface area contributed by atoms with Crippen molar-refractivity contribution in [1.82, 2.24) is 0 Å². The van der Waals surface area contributed by atoms with Crippen LogP contribution in [0.25, 0.3) is 21.9 Å². The summed E-state index contributed by atoms with van der Waals surface area (Å²) in [6, 6.07) is 15.7. The van der Waals surface area contributed by atoms with E-state index in [1.807, 2.05) is 0 Å². The van der Waals surface area contributed by atoms with Gasteiger partial charge in [0.2, 0.25) is 0 Å². The molecule has 0 aromatic heterocycles. The van der Waals surface area contributed by atoms with Crippen LogP contribution in [0.2, 0.25) is 0 Å². The molecule has 4 rings (SSSR count). The molecule has 0 spiro atoms. The second-order valence-corrected chi connectivity index (χ2v) is 6.98. The minimum Gasteiger partial charge on any atom is -0.489 e. The van der Waals surface area contributed by atoms with Crippen molar-refractivity contribution < 1.29 is 22.3 Å². The fourth-order valence-corrected chi connectivity index (χ4v) is 3.24. The Balaban J connectivity index is 1.60. The van der Waals surface area contributed by atoms with E-state index in [0.29, 0.717) is 22.3 Å². The van der Waals surface area contributed by atoms with E-state index in [0.717, 1.165) is 6.07 Å². The Kier molecular flexibility index (Phi) is 5.96. The summed E-state index contributed by atoms with van der Waals surface area (Å²) in [7, 11) is 0. The lowest BCUT2D eigenvalue weighted by Gasteiger charge is -2.08. The molecule has 5 heteroatoms. The third kappa shape index (κ3) is 4.35. The van der Waals surface area contributed by atoms with Crippen molar-refractivity contribution >= 4 is 10.8 Å². The second-order valence-electron chi connectivity index (χ2n) is 6.98. The third-order valence-corrected chi connectivity index (χ3v) is 4.84. The molecule has 0 atom stereocenters. The van der Waals surface area contributed by atoms with Crippen molar-refractivity contribution in [2.75, 3.05) is 6.61 Å². The van der Waals surface area contributed by atoms with Crippen LogP contribution in [0.15, 0.2) is 79.4 Å². The SMILES string of the molecule is C=CCOc1ccc(-c2ccc(C#Cc3ccc4c(F)c(F)ccc4c3)c(F)c2)c(F)c1. The monoisotopic (exact) mass is 432 g/mol. The van der Waals surface area contributed by atoms with Gasteiger partial charge >= 0.3 is 0 Å². The number of ether oxygens (including phenoxy) is 1. The van der Waals surface area contributed by atoms with Gasteiger partial charge < -0.3 is 4.74 Å². The van der Waals surface area contributed by atoms with Gasteiger partial charge in [0.25, 0.3) is 0 Å². The molecule has 0 fully saturated rings. The molecule has 158 valence electrons. The van der Waals surface area contributed by atoms with Crippen molar-refractivity contribution in [3.63, 3.8) is 0 Å². The van der Waals surface area contributed by atoms with Gasteiger partial charge in [-0.2, -0.15) is 0 Å². The van der Waals surface area contributed by atoms with Gasteiger partial charge in [-0.1, -0.05) is 42.7 Å². The van der Waals surface area contributed by atoms with Crippen LogP contribution in [-0.4, -0.2) is 6.61 Å². The molecule has 0 radical (unpaired) electrons. The van der Waals surface area contributed by atoms with Gasteiger partial charge in [-0.05, 0) is 53.4 Å². The summed E-state index contributed by atoms with van der Waals surface area (Å²) in [6.45, 7) is 3.79. The van der Waals surface area contributed by atoms with Gasteiger partial charge in [0, 0.05) is 22.6 Å². The van der Waals surface area contributed by atoms with Crippen LogP contribution < -0.4 is 4.74 Å². The minimum atomic E-state index is -0.922. The van der Waals surface area contributed by atoms with Crippen LogP contribution in [0, 0.1) is 35.1 Å². The predicted molar refractivity (Wildman–Crippen MR) is 117 cm³/mol. The number of hydrogen-bond donors (Lipinski definition) is 0. The minimum absolute atomic E-state index is 0.130. The molecule has 0 saturated heterocycles. The first-order chi connectivity index (χ1) is 15.5. The van der Waals surface area contributed by atoms with Gasteiger partial charge in [-0.15, -0.1) is 0 Å². The van der Waals surface area contributed by atoms with Crippen molar-refractivity contribution in [2.45, 2.75) is 0 Å². The number of hydrogen-bond acceptors (Lipinski definition) is 1. The van der Waals surface area contributed by atoms with Crippen LogP contribution in [-0.2, 0) is 0 Å². The van der Waals surface area contributed by atoms with Crippen LogP contribution in [0.5, 0.6) is 5.75 Å². The summed E-state index contributed by atoms with van der Waals surface area (Å²) in [4.78, 5) is 0. The maximum Gasteiger partial charge on any atom is 0.166 e. The van der Waals surface area contributed by atoms with Crippen molar-refractivity contribution in [3.8, 4) is 28.7 Å². The van der Waals surface area contributed by atoms with Crippen LogP contribution in [0.3, 0.4) is 0 Å². The van der Waals surface area contributed by atoms with E-state index >= 15 is 0 Å². The average molecular weight is 432 g/mol. The highest BCUT2D eigenvalue weighted by Crippen LogP contribution is 2.28. The predicted octanol–water partition coefficient (Wildman–Crippen LogP) is 7.03. The molecular weight excluding hydrogens is 416 g/mol. The first-order valence-electron chi connectivity index (χ1n) is 9.69. The fraction of sp³-hybridized carbons (Fsp3) is 0.0370. The summed E-state index contributed by atoms with van der Waals surface area (Å²) < 4.78 is 61.5. The molecule has 32 heavy (non-hydrogen) atoms. The number of rotatable bonds is 4. The van der Waals surface area contributed by atoms with E-state index in [2.05, 4.69) is 18.4 Å². The first-order valence-corrected chi connectivity index (χ1v) is 9.69. The maximum absolute atomic E-state index is 14.6. The molecule has 0 heterocycles. The largest absolute Gasteiger partial charge is 0.489 e. The lowest BCUT2D eigenvalue weighted by molar-refractivity contribution is 0.361. The molecule has 0 aliphatic carbocycles. The molecule has 0 unspecified atom stereocenters. The van der Waals surface area contributed by atoms with Crippen molar-refractivity contribution in [3.05, 3.63) is 114 Å². The lowest BCUT2D eigenvalue weighted by atomic mass is 10.0. The normalized spacial score (nSPS) is 10.5. The molecule has 4 aromatic carbocycles. The molecule has 0 N–H and O–H groups in total.